The van der Waals surface area contributed by atoms with Crippen LogP contribution in [-0.4, -0.2) is 79.6 Å². The molecular formula is C27H46BN6. The Hall–Kier alpha value is -1.60. The molecule has 0 aromatic heterocycles. The van der Waals surface area contributed by atoms with Crippen LogP contribution in [-0.2, 0) is 0 Å². The van der Waals surface area contributed by atoms with E-state index in [2.05, 4.69) is 34.1 Å². The van der Waals surface area contributed by atoms with Crippen LogP contribution in [0.1, 0.15) is 83.5 Å². The van der Waals surface area contributed by atoms with Crippen molar-refractivity contribution in [1.82, 2.24) is 20.0 Å². The highest BCUT2D eigenvalue weighted by molar-refractivity contribution is 6.34. The zero-order chi connectivity index (χ0) is 23.6. The van der Waals surface area contributed by atoms with E-state index in [0.717, 1.165) is 23.4 Å². The molecule has 34 heavy (non-hydrogen) atoms. The van der Waals surface area contributed by atoms with Crippen molar-refractivity contribution in [2.45, 2.75) is 101 Å². The largest absolute Gasteiger partial charge is 0.346 e. The SMILES string of the molecule is C=C/C=C1/C(=NC2CCC(N3CCCN([B]C4CCCCCCC4)CCC3)CC2)NC=NN1C. The van der Waals surface area contributed by atoms with Gasteiger partial charge < -0.3 is 15.0 Å². The minimum Gasteiger partial charge on any atom is -0.346 e. The van der Waals surface area contributed by atoms with Crippen LogP contribution in [0.15, 0.2) is 34.5 Å². The summed E-state index contributed by atoms with van der Waals surface area (Å²) in [6.45, 7) is 8.85. The monoisotopic (exact) mass is 465 g/mol. The van der Waals surface area contributed by atoms with Crippen molar-refractivity contribution in [3.05, 3.63) is 24.4 Å². The third-order valence-corrected chi connectivity index (χ3v) is 8.15. The summed E-state index contributed by atoms with van der Waals surface area (Å²) in [6.07, 6.45) is 23.1. The molecule has 0 unspecified atom stereocenters. The number of allylic oxidation sites excluding steroid dienone is 2. The van der Waals surface area contributed by atoms with Gasteiger partial charge in [0.2, 0.25) is 7.41 Å². The molecule has 1 N–H and O–H groups in total. The fourth-order valence-corrected chi connectivity index (χ4v) is 6.23. The number of nitrogens with zero attached hydrogens (tertiary/aromatic N) is 5. The number of hydrogen-bond acceptors (Lipinski definition) is 5. The van der Waals surface area contributed by atoms with Crippen molar-refractivity contribution in [3.63, 3.8) is 0 Å². The second-order valence-electron chi connectivity index (χ2n) is 10.7. The first kappa shape index (κ1) is 25.5. The molecule has 2 heterocycles. The average Bonchev–Trinajstić information content (AvgIpc) is 2.80. The summed E-state index contributed by atoms with van der Waals surface area (Å²) in [5.41, 5.74) is 0.990. The Bertz CT molecular complexity index is 709. The second kappa shape index (κ2) is 13.5. The third-order valence-electron chi connectivity index (χ3n) is 8.15. The summed E-state index contributed by atoms with van der Waals surface area (Å²) < 4.78 is 0. The summed E-state index contributed by atoms with van der Waals surface area (Å²) in [7, 11) is 4.60. The summed E-state index contributed by atoms with van der Waals surface area (Å²) in [5, 5.41) is 9.40. The number of nitrogens with one attached hydrogen (secondary N) is 1. The normalized spacial score (nSPS) is 31.4. The summed E-state index contributed by atoms with van der Waals surface area (Å²) in [4.78, 5) is 10.6. The van der Waals surface area contributed by atoms with E-state index in [1.165, 1.54) is 110 Å². The zero-order valence-corrected chi connectivity index (χ0v) is 21.5. The van der Waals surface area contributed by atoms with Crippen molar-refractivity contribution in [3.8, 4) is 0 Å². The lowest BCUT2D eigenvalue weighted by Gasteiger charge is -2.39. The molecule has 0 atom stereocenters. The Morgan fingerprint density at radius 3 is 2.29 bits per heavy atom. The van der Waals surface area contributed by atoms with Crippen molar-refractivity contribution < 1.29 is 0 Å². The Morgan fingerprint density at radius 1 is 0.941 bits per heavy atom. The van der Waals surface area contributed by atoms with E-state index in [0.29, 0.717) is 6.04 Å². The summed E-state index contributed by atoms with van der Waals surface area (Å²) >= 11 is 0. The van der Waals surface area contributed by atoms with E-state index in [-0.39, 0.29) is 0 Å². The molecule has 1 saturated heterocycles. The Balaban J connectivity index is 1.21. The lowest BCUT2D eigenvalue weighted by Crippen LogP contribution is -2.45. The maximum Gasteiger partial charge on any atom is 0.211 e. The number of hydrazone groups is 1. The van der Waals surface area contributed by atoms with Crippen molar-refractivity contribution >= 4 is 19.6 Å². The molecule has 6 nitrogen and oxygen atoms in total. The highest BCUT2D eigenvalue weighted by Gasteiger charge is 2.28. The molecule has 2 aliphatic heterocycles. The number of likely N-dealkylation sites (N-methyl/N-ethyl adjacent to an activating group) is 1. The third kappa shape index (κ3) is 7.45. The summed E-state index contributed by atoms with van der Waals surface area (Å²) in [5.74, 6) is 1.76. The van der Waals surface area contributed by atoms with Gasteiger partial charge in [-0.3, -0.25) is 10.0 Å². The van der Waals surface area contributed by atoms with E-state index < -0.39 is 0 Å². The highest BCUT2D eigenvalue weighted by Crippen LogP contribution is 2.29. The maximum atomic E-state index is 5.06. The smallest absolute Gasteiger partial charge is 0.211 e. The average molecular weight is 466 g/mol. The van der Waals surface area contributed by atoms with Crippen LogP contribution in [0.5, 0.6) is 0 Å². The van der Waals surface area contributed by atoms with E-state index in [4.69, 9.17) is 4.99 Å². The molecule has 0 aromatic carbocycles. The predicted molar refractivity (Wildman–Crippen MR) is 145 cm³/mol. The van der Waals surface area contributed by atoms with Crippen LogP contribution < -0.4 is 5.32 Å². The number of rotatable bonds is 5. The molecule has 0 amide bonds. The zero-order valence-electron chi connectivity index (χ0n) is 21.5. The first-order valence-corrected chi connectivity index (χ1v) is 14.0. The molecular weight excluding hydrogens is 419 g/mol. The highest BCUT2D eigenvalue weighted by atomic mass is 15.5. The molecule has 4 aliphatic rings. The first-order chi connectivity index (χ1) is 16.7. The quantitative estimate of drug-likeness (QED) is 0.593. The number of amidine groups is 1. The standard InChI is InChI=1S/C27H46BN6/c1-3-11-26-27(29-22-30-32(26)2)31-24-14-16-25(17-15-24)33-18-9-20-34(21-10-19-33)28-23-12-7-5-4-6-8-13-23/h3,11,22-25H,1,4-10,12-21H2,2H3,(H,29,30,31)/b26-11-. The molecule has 4 rings (SSSR count). The van der Waals surface area contributed by atoms with Crippen molar-refractivity contribution in [2.24, 2.45) is 10.1 Å². The minimum atomic E-state index is 0.399. The van der Waals surface area contributed by atoms with Crippen LogP contribution in [0.4, 0.5) is 0 Å². The Labute approximate surface area is 208 Å². The molecule has 3 fully saturated rings. The topological polar surface area (TPSA) is 46.5 Å². The van der Waals surface area contributed by atoms with Crippen molar-refractivity contribution in [1.29, 1.82) is 0 Å². The fraction of sp³-hybridized carbons (Fsp3) is 0.778. The van der Waals surface area contributed by atoms with Crippen LogP contribution in [0.25, 0.3) is 0 Å². The van der Waals surface area contributed by atoms with Crippen molar-refractivity contribution in [2.75, 3.05) is 33.2 Å². The molecule has 7 heteroatoms. The van der Waals surface area contributed by atoms with Gasteiger partial charge in [0.05, 0.1) is 6.04 Å². The van der Waals surface area contributed by atoms with Gasteiger partial charge in [0.15, 0.2) is 5.84 Å². The van der Waals surface area contributed by atoms with Crippen LogP contribution in [0.3, 0.4) is 0 Å². The second-order valence-corrected chi connectivity index (χ2v) is 10.7. The molecule has 0 aromatic rings. The van der Waals surface area contributed by atoms with Gasteiger partial charge in [0.25, 0.3) is 0 Å². The van der Waals surface area contributed by atoms with E-state index in [1.807, 2.05) is 18.1 Å². The van der Waals surface area contributed by atoms with Crippen LogP contribution in [0, 0.1) is 0 Å². The molecule has 1 radical (unpaired) electrons. The Kier molecular flexibility index (Phi) is 10.1. The number of aliphatic imine (C=N–C) groups is 1. The predicted octanol–water partition coefficient (Wildman–Crippen LogP) is 4.79. The van der Waals surface area contributed by atoms with E-state index in [1.54, 1.807) is 12.4 Å². The first-order valence-electron chi connectivity index (χ1n) is 14.0. The van der Waals surface area contributed by atoms with Gasteiger partial charge in [-0.2, -0.15) is 5.10 Å². The fourth-order valence-electron chi connectivity index (χ4n) is 6.23. The molecule has 2 aliphatic carbocycles. The van der Waals surface area contributed by atoms with E-state index in [9.17, 15) is 0 Å². The van der Waals surface area contributed by atoms with Crippen LogP contribution >= 0.6 is 0 Å². The van der Waals surface area contributed by atoms with Gasteiger partial charge in [-0.15, -0.1) is 0 Å². The number of hydrogen-bond donors (Lipinski definition) is 1. The minimum absolute atomic E-state index is 0.399. The van der Waals surface area contributed by atoms with Crippen LogP contribution in [0.2, 0.25) is 5.82 Å². The molecule has 0 spiro atoms. The van der Waals surface area contributed by atoms with Gasteiger partial charge in [-0.25, -0.2) is 0 Å². The van der Waals surface area contributed by atoms with Gasteiger partial charge in [-0.1, -0.05) is 63.4 Å². The summed E-state index contributed by atoms with van der Waals surface area (Å²) in [6, 6.07) is 1.14. The van der Waals surface area contributed by atoms with Gasteiger partial charge in [-0.05, 0) is 70.8 Å². The van der Waals surface area contributed by atoms with E-state index >= 15 is 0 Å². The van der Waals surface area contributed by atoms with Gasteiger partial charge in [0.1, 0.15) is 12.0 Å². The lowest BCUT2D eigenvalue weighted by molar-refractivity contribution is 0.131. The van der Waals surface area contributed by atoms with Gasteiger partial charge >= 0.3 is 0 Å². The Morgan fingerprint density at radius 2 is 1.62 bits per heavy atom. The lowest BCUT2D eigenvalue weighted by atomic mass is 9.67. The molecule has 2 saturated carbocycles. The maximum absolute atomic E-state index is 5.06. The molecule has 187 valence electrons. The molecule has 0 bridgehead atoms. The van der Waals surface area contributed by atoms with Gasteiger partial charge in [0, 0.05) is 13.1 Å².